The van der Waals surface area contributed by atoms with Crippen LogP contribution in [0, 0.1) is 25.2 Å². The van der Waals surface area contributed by atoms with E-state index in [2.05, 4.69) is 27.8 Å². The summed E-state index contributed by atoms with van der Waals surface area (Å²) in [5, 5.41) is 10.4. The molecule has 0 atom stereocenters. The van der Waals surface area contributed by atoms with Crippen LogP contribution in [-0.2, 0) is 13.7 Å². The monoisotopic (exact) mass is 367 g/mol. The van der Waals surface area contributed by atoms with Crippen molar-refractivity contribution in [3.8, 4) is 23.1 Å². The molecule has 0 aliphatic heterocycles. The molecule has 4 rings (SSSR count). The first kappa shape index (κ1) is 17.8. The van der Waals surface area contributed by atoms with Gasteiger partial charge < -0.3 is 9.30 Å². The van der Waals surface area contributed by atoms with Crippen LogP contribution in [0.25, 0.3) is 22.2 Å². The second kappa shape index (κ2) is 7.21. The van der Waals surface area contributed by atoms with Gasteiger partial charge >= 0.3 is 0 Å². The molecular formula is C24H21N3O. The smallest absolute Gasteiger partial charge is 0.131 e. The van der Waals surface area contributed by atoms with Gasteiger partial charge in [-0.2, -0.15) is 5.26 Å². The molecule has 28 heavy (non-hydrogen) atoms. The summed E-state index contributed by atoms with van der Waals surface area (Å²) in [7, 11) is 1.99. The van der Waals surface area contributed by atoms with Crippen LogP contribution < -0.4 is 4.74 Å². The lowest BCUT2D eigenvalue weighted by molar-refractivity contribution is 0.309. The van der Waals surface area contributed by atoms with Gasteiger partial charge in [0.1, 0.15) is 18.4 Å². The van der Waals surface area contributed by atoms with E-state index in [1.54, 1.807) is 0 Å². The van der Waals surface area contributed by atoms with Gasteiger partial charge in [-0.1, -0.05) is 36.4 Å². The summed E-state index contributed by atoms with van der Waals surface area (Å²) in [5.41, 5.74) is 6.70. The summed E-state index contributed by atoms with van der Waals surface area (Å²) in [6.45, 7) is 4.46. The van der Waals surface area contributed by atoms with Crippen molar-refractivity contribution < 1.29 is 4.74 Å². The van der Waals surface area contributed by atoms with Gasteiger partial charge in [0, 0.05) is 29.9 Å². The quantitative estimate of drug-likeness (QED) is 0.491. The molecule has 0 saturated carbocycles. The minimum absolute atomic E-state index is 0.477. The van der Waals surface area contributed by atoms with Crippen LogP contribution in [0.3, 0.4) is 0 Å². The van der Waals surface area contributed by atoms with Gasteiger partial charge in [-0.3, -0.25) is 4.98 Å². The van der Waals surface area contributed by atoms with Gasteiger partial charge in [-0.15, -0.1) is 0 Å². The fraction of sp³-hybridized carbons (Fsp3) is 0.167. The highest BCUT2D eigenvalue weighted by atomic mass is 16.5. The Kier molecular flexibility index (Phi) is 4.58. The van der Waals surface area contributed by atoms with Gasteiger partial charge in [-0.05, 0) is 43.2 Å². The normalized spacial score (nSPS) is 10.8. The van der Waals surface area contributed by atoms with E-state index in [1.165, 1.54) is 0 Å². The molecule has 0 aliphatic rings. The maximum Gasteiger partial charge on any atom is 0.131 e. The molecule has 2 aromatic carbocycles. The number of ether oxygens (including phenoxy) is 1. The summed E-state index contributed by atoms with van der Waals surface area (Å²) < 4.78 is 8.16. The first-order chi connectivity index (χ1) is 13.6. The van der Waals surface area contributed by atoms with Gasteiger partial charge in [0.05, 0.1) is 16.8 Å². The number of fused-ring (bicyclic) bond motifs is 1. The SMILES string of the molecule is Cc1cc(OCc2ccc(-c3c(C#N)cc(C)n3C)cc2)c2ccccc2n1. The predicted molar refractivity (Wildman–Crippen MR) is 111 cm³/mol. The van der Waals surface area contributed by atoms with Crippen molar-refractivity contribution in [2.24, 2.45) is 7.05 Å². The number of hydrogen-bond acceptors (Lipinski definition) is 3. The van der Waals surface area contributed by atoms with Crippen molar-refractivity contribution in [2.75, 3.05) is 0 Å². The Morgan fingerprint density at radius 2 is 1.79 bits per heavy atom. The van der Waals surface area contributed by atoms with E-state index in [0.717, 1.165) is 44.9 Å². The third-order valence-electron chi connectivity index (χ3n) is 5.02. The number of aryl methyl sites for hydroxylation is 2. The molecule has 0 aliphatic carbocycles. The molecule has 0 bridgehead atoms. The first-order valence-electron chi connectivity index (χ1n) is 9.22. The van der Waals surface area contributed by atoms with Crippen LogP contribution in [-0.4, -0.2) is 9.55 Å². The van der Waals surface area contributed by atoms with Crippen molar-refractivity contribution in [1.82, 2.24) is 9.55 Å². The standard InChI is InChI=1S/C24H21N3O/c1-16-12-23(21-6-4-5-7-22(21)26-16)28-15-18-8-10-19(11-9-18)24-20(14-25)13-17(2)27(24)3/h4-13H,15H2,1-3H3. The highest BCUT2D eigenvalue weighted by molar-refractivity contribution is 5.85. The maximum atomic E-state index is 9.40. The van der Waals surface area contributed by atoms with Crippen molar-refractivity contribution in [2.45, 2.75) is 20.5 Å². The Morgan fingerprint density at radius 3 is 2.54 bits per heavy atom. The summed E-state index contributed by atoms with van der Waals surface area (Å²) >= 11 is 0. The molecule has 0 saturated heterocycles. The maximum absolute atomic E-state index is 9.40. The Hall–Kier alpha value is -3.58. The zero-order valence-corrected chi connectivity index (χ0v) is 16.2. The average Bonchev–Trinajstić information content (AvgIpc) is 3.00. The van der Waals surface area contributed by atoms with E-state index in [-0.39, 0.29) is 0 Å². The molecule has 0 fully saturated rings. The number of aromatic nitrogens is 2. The minimum atomic E-state index is 0.477. The van der Waals surface area contributed by atoms with E-state index in [1.807, 2.05) is 69.4 Å². The van der Waals surface area contributed by atoms with Gasteiger partial charge in [-0.25, -0.2) is 0 Å². The van der Waals surface area contributed by atoms with E-state index in [9.17, 15) is 5.26 Å². The van der Waals surface area contributed by atoms with Gasteiger partial charge in [0.2, 0.25) is 0 Å². The summed E-state index contributed by atoms with van der Waals surface area (Å²) in [6, 6.07) is 22.4. The molecule has 138 valence electrons. The van der Waals surface area contributed by atoms with E-state index < -0.39 is 0 Å². The lowest BCUT2D eigenvalue weighted by atomic mass is 10.1. The third-order valence-corrected chi connectivity index (χ3v) is 5.02. The molecular weight excluding hydrogens is 346 g/mol. The van der Waals surface area contributed by atoms with E-state index >= 15 is 0 Å². The lowest BCUT2D eigenvalue weighted by Crippen LogP contribution is -1.98. The van der Waals surface area contributed by atoms with Crippen molar-refractivity contribution in [3.63, 3.8) is 0 Å². The first-order valence-corrected chi connectivity index (χ1v) is 9.22. The van der Waals surface area contributed by atoms with Crippen molar-refractivity contribution in [1.29, 1.82) is 5.26 Å². The largest absolute Gasteiger partial charge is 0.488 e. The highest BCUT2D eigenvalue weighted by Crippen LogP contribution is 2.28. The van der Waals surface area contributed by atoms with Crippen LogP contribution >= 0.6 is 0 Å². The molecule has 2 heterocycles. The fourth-order valence-electron chi connectivity index (χ4n) is 3.47. The van der Waals surface area contributed by atoms with Crippen molar-refractivity contribution in [3.05, 3.63) is 83.2 Å². The lowest BCUT2D eigenvalue weighted by Gasteiger charge is -2.11. The number of nitriles is 1. The number of pyridine rings is 1. The molecule has 4 heteroatoms. The minimum Gasteiger partial charge on any atom is -0.488 e. The fourth-order valence-corrected chi connectivity index (χ4v) is 3.47. The second-order valence-electron chi connectivity index (χ2n) is 6.98. The predicted octanol–water partition coefficient (Wildman–Crippen LogP) is 5.31. The topological polar surface area (TPSA) is 50.8 Å². The summed E-state index contributed by atoms with van der Waals surface area (Å²) in [6.07, 6.45) is 0. The number of hydrogen-bond donors (Lipinski definition) is 0. The highest BCUT2D eigenvalue weighted by Gasteiger charge is 2.12. The third kappa shape index (κ3) is 3.23. The Morgan fingerprint density at radius 1 is 1.04 bits per heavy atom. The van der Waals surface area contributed by atoms with Crippen LogP contribution in [0.5, 0.6) is 5.75 Å². The number of benzene rings is 2. The summed E-state index contributed by atoms with van der Waals surface area (Å²) in [5.74, 6) is 0.844. The molecule has 0 amide bonds. The summed E-state index contributed by atoms with van der Waals surface area (Å²) in [4.78, 5) is 4.55. The molecule has 4 aromatic rings. The molecule has 2 aromatic heterocycles. The van der Waals surface area contributed by atoms with Crippen LogP contribution in [0.15, 0.2) is 60.7 Å². The van der Waals surface area contributed by atoms with E-state index in [4.69, 9.17) is 4.74 Å². The molecule has 0 N–H and O–H groups in total. The van der Waals surface area contributed by atoms with Crippen LogP contribution in [0.2, 0.25) is 0 Å². The van der Waals surface area contributed by atoms with Crippen LogP contribution in [0.1, 0.15) is 22.5 Å². The van der Waals surface area contributed by atoms with Gasteiger partial charge in [0.15, 0.2) is 0 Å². The van der Waals surface area contributed by atoms with Crippen molar-refractivity contribution >= 4 is 10.9 Å². The molecule has 0 radical (unpaired) electrons. The Bertz CT molecular complexity index is 1200. The van der Waals surface area contributed by atoms with Gasteiger partial charge in [0.25, 0.3) is 0 Å². The zero-order chi connectivity index (χ0) is 19.7. The number of para-hydroxylation sites is 1. The second-order valence-corrected chi connectivity index (χ2v) is 6.98. The average molecular weight is 367 g/mol. The zero-order valence-electron chi connectivity index (χ0n) is 16.2. The van der Waals surface area contributed by atoms with Crippen LogP contribution in [0.4, 0.5) is 0 Å². The Labute approximate surface area is 164 Å². The number of rotatable bonds is 4. The molecule has 0 unspecified atom stereocenters. The Balaban J connectivity index is 1.58. The molecule has 0 spiro atoms. The molecule has 4 nitrogen and oxygen atoms in total. The number of nitrogens with zero attached hydrogens (tertiary/aromatic N) is 3. The van der Waals surface area contributed by atoms with E-state index in [0.29, 0.717) is 12.2 Å².